The standard InChI is InChI=1S/C19H19NO4/c1-2-24-19(23)18(22)13-17(21)11-10-16-9-6-12-20(16)14-15-7-4-3-5-8-15/h3-13,22H,2,14H2,1H3/b11-10+,18-13-. The molecule has 0 unspecified atom stereocenters. The normalized spacial score (nSPS) is 11.6. The van der Waals surface area contributed by atoms with Crippen molar-refractivity contribution in [1.82, 2.24) is 4.57 Å². The number of ether oxygens (including phenoxy) is 1. The molecule has 0 bridgehead atoms. The summed E-state index contributed by atoms with van der Waals surface area (Å²) in [7, 11) is 0. The fourth-order valence-electron chi connectivity index (χ4n) is 2.12. The second kappa shape index (κ2) is 8.53. The maximum atomic E-state index is 11.8. The quantitative estimate of drug-likeness (QED) is 0.482. The van der Waals surface area contributed by atoms with Gasteiger partial charge in [-0.05, 0) is 36.8 Å². The number of hydrogen-bond acceptors (Lipinski definition) is 4. The van der Waals surface area contributed by atoms with Crippen LogP contribution in [-0.4, -0.2) is 28.0 Å². The molecule has 1 N–H and O–H groups in total. The molecule has 2 rings (SSSR count). The number of nitrogens with zero attached hydrogens (tertiary/aromatic N) is 1. The number of hydrogen-bond donors (Lipinski definition) is 1. The van der Waals surface area contributed by atoms with Gasteiger partial charge < -0.3 is 14.4 Å². The first-order chi connectivity index (χ1) is 11.6. The number of carbonyl (C=O) groups is 2. The molecule has 0 saturated carbocycles. The SMILES string of the molecule is CCOC(=O)/C(O)=C/C(=O)/C=C/c1cccn1Cc1ccccc1. The Morgan fingerprint density at radius 3 is 2.62 bits per heavy atom. The van der Waals surface area contributed by atoms with Crippen LogP contribution in [0.5, 0.6) is 0 Å². The molecule has 24 heavy (non-hydrogen) atoms. The Morgan fingerprint density at radius 1 is 1.17 bits per heavy atom. The van der Waals surface area contributed by atoms with Gasteiger partial charge in [-0.25, -0.2) is 4.79 Å². The number of rotatable bonds is 7. The van der Waals surface area contributed by atoms with Crippen molar-refractivity contribution in [3.63, 3.8) is 0 Å². The van der Waals surface area contributed by atoms with E-state index in [0.717, 1.165) is 17.3 Å². The molecule has 5 heteroatoms. The van der Waals surface area contributed by atoms with Gasteiger partial charge >= 0.3 is 5.97 Å². The fraction of sp³-hybridized carbons (Fsp3) is 0.158. The number of aliphatic hydroxyl groups excluding tert-OH is 1. The number of ketones is 1. The average molecular weight is 325 g/mol. The maximum Gasteiger partial charge on any atom is 0.373 e. The zero-order chi connectivity index (χ0) is 17.4. The molecule has 0 aliphatic carbocycles. The van der Waals surface area contributed by atoms with Crippen LogP contribution in [-0.2, 0) is 20.9 Å². The smallest absolute Gasteiger partial charge is 0.373 e. The molecule has 0 radical (unpaired) electrons. The lowest BCUT2D eigenvalue weighted by Gasteiger charge is -2.06. The first kappa shape index (κ1) is 17.3. The first-order valence-electron chi connectivity index (χ1n) is 7.59. The van der Waals surface area contributed by atoms with Gasteiger partial charge in [0.15, 0.2) is 5.78 Å². The zero-order valence-corrected chi connectivity index (χ0v) is 13.4. The van der Waals surface area contributed by atoms with E-state index < -0.39 is 17.5 Å². The molecule has 124 valence electrons. The molecule has 0 aliphatic rings. The summed E-state index contributed by atoms with van der Waals surface area (Å²) in [4.78, 5) is 23.0. The molecule has 0 amide bonds. The van der Waals surface area contributed by atoms with Gasteiger partial charge in [-0.1, -0.05) is 30.3 Å². The third kappa shape index (κ3) is 4.98. The van der Waals surface area contributed by atoms with E-state index in [2.05, 4.69) is 4.74 Å². The van der Waals surface area contributed by atoms with Crippen LogP contribution in [0.25, 0.3) is 6.08 Å². The zero-order valence-electron chi connectivity index (χ0n) is 13.4. The van der Waals surface area contributed by atoms with Gasteiger partial charge in [0.2, 0.25) is 5.76 Å². The van der Waals surface area contributed by atoms with Crippen LogP contribution >= 0.6 is 0 Å². The second-order valence-electron chi connectivity index (χ2n) is 5.03. The van der Waals surface area contributed by atoms with E-state index in [4.69, 9.17) is 0 Å². The summed E-state index contributed by atoms with van der Waals surface area (Å²) in [5.41, 5.74) is 1.99. The highest BCUT2D eigenvalue weighted by Crippen LogP contribution is 2.09. The number of aliphatic hydroxyl groups is 1. The molecular formula is C19H19NO4. The van der Waals surface area contributed by atoms with E-state index in [0.29, 0.717) is 6.54 Å². The lowest BCUT2D eigenvalue weighted by atomic mass is 10.2. The van der Waals surface area contributed by atoms with Gasteiger partial charge in [0.1, 0.15) is 0 Å². The summed E-state index contributed by atoms with van der Waals surface area (Å²) < 4.78 is 6.60. The van der Waals surface area contributed by atoms with Crippen LogP contribution in [0.15, 0.2) is 66.6 Å². The third-order valence-corrected chi connectivity index (χ3v) is 3.24. The molecule has 0 saturated heterocycles. The van der Waals surface area contributed by atoms with E-state index in [1.165, 1.54) is 6.08 Å². The second-order valence-corrected chi connectivity index (χ2v) is 5.03. The molecule has 5 nitrogen and oxygen atoms in total. The predicted molar refractivity (Wildman–Crippen MR) is 91.4 cm³/mol. The van der Waals surface area contributed by atoms with E-state index in [1.807, 2.05) is 53.2 Å². The van der Waals surface area contributed by atoms with Gasteiger partial charge in [-0.15, -0.1) is 0 Å². The number of benzene rings is 1. The lowest BCUT2D eigenvalue weighted by molar-refractivity contribution is -0.141. The van der Waals surface area contributed by atoms with Crippen molar-refractivity contribution in [2.24, 2.45) is 0 Å². The number of allylic oxidation sites excluding steroid dienone is 2. The van der Waals surface area contributed by atoms with Crippen LogP contribution in [0.1, 0.15) is 18.2 Å². The number of aromatic nitrogens is 1. The molecule has 1 heterocycles. The van der Waals surface area contributed by atoms with Gasteiger partial charge in [-0.2, -0.15) is 0 Å². The molecule has 1 aromatic carbocycles. The van der Waals surface area contributed by atoms with Crippen LogP contribution in [0.4, 0.5) is 0 Å². The summed E-state index contributed by atoms with van der Waals surface area (Å²) in [5, 5.41) is 9.45. The highest BCUT2D eigenvalue weighted by Gasteiger charge is 2.09. The molecular weight excluding hydrogens is 306 g/mol. The Balaban J connectivity index is 2.05. The van der Waals surface area contributed by atoms with Crippen molar-refractivity contribution >= 4 is 17.8 Å². The molecule has 0 spiro atoms. The Labute approximate surface area is 140 Å². The van der Waals surface area contributed by atoms with E-state index in [9.17, 15) is 14.7 Å². The minimum Gasteiger partial charge on any atom is -0.502 e. The molecule has 1 aromatic heterocycles. The van der Waals surface area contributed by atoms with E-state index in [-0.39, 0.29) is 6.61 Å². The summed E-state index contributed by atoms with van der Waals surface area (Å²) in [6, 6.07) is 13.7. The Bertz CT molecular complexity index is 757. The Hall–Kier alpha value is -3.08. The van der Waals surface area contributed by atoms with E-state index in [1.54, 1.807) is 13.0 Å². The van der Waals surface area contributed by atoms with Crippen molar-refractivity contribution in [2.75, 3.05) is 6.61 Å². The third-order valence-electron chi connectivity index (χ3n) is 3.24. The van der Waals surface area contributed by atoms with Crippen molar-refractivity contribution < 1.29 is 19.4 Å². The predicted octanol–water partition coefficient (Wildman–Crippen LogP) is 3.12. The topological polar surface area (TPSA) is 68.5 Å². The van der Waals surface area contributed by atoms with Crippen LogP contribution < -0.4 is 0 Å². The van der Waals surface area contributed by atoms with Gasteiger partial charge in [-0.3, -0.25) is 4.79 Å². The van der Waals surface area contributed by atoms with Crippen molar-refractivity contribution in [3.8, 4) is 0 Å². The summed E-state index contributed by atoms with van der Waals surface area (Å²) >= 11 is 0. The summed E-state index contributed by atoms with van der Waals surface area (Å²) in [6.45, 7) is 2.44. The Morgan fingerprint density at radius 2 is 1.92 bits per heavy atom. The average Bonchev–Trinajstić information content (AvgIpc) is 3.01. The Kier molecular flexibility index (Phi) is 6.14. The molecule has 0 atom stereocenters. The molecule has 2 aromatic rings. The minimum absolute atomic E-state index is 0.133. The minimum atomic E-state index is -0.910. The molecule has 0 aliphatic heterocycles. The molecule has 0 fully saturated rings. The number of esters is 1. The largest absolute Gasteiger partial charge is 0.502 e. The van der Waals surface area contributed by atoms with Crippen molar-refractivity contribution in [1.29, 1.82) is 0 Å². The highest BCUT2D eigenvalue weighted by atomic mass is 16.5. The highest BCUT2D eigenvalue weighted by molar-refractivity contribution is 6.05. The first-order valence-corrected chi connectivity index (χ1v) is 7.59. The maximum absolute atomic E-state index is 11.8. The van der Waals surface area contributed by atoms with Crippen LogP contribution in [0.2, 0.25) is 0 Å². The van der Waals surface area contributed by atoms with Gasteiger partial charge in [0.25, 0.3) is 0 Å². The monoisotopic (exact) mass is 325 g/mol. The number of carbonyl (C=O) groups excluding carboxylic acids is 2. The fourth-order valence-corrected chi connectivity index (χ4v) is 2.12. The van der Waals surface area contributed by atoms with Crippen molar-refractivity contribution in [2.45, 2.75) is 13.5 Å². The van der Waals surface area contributed by atoms with Gasteiger partial charge in [0, 0.05) is 24.5 Å². The van der Waals surface area contributed by atoms with Crippen LogP contribution in [0, 0.1) is 0 Å². The van der Waals surface area contributed by atoms with Crippen LogP contribution in [0.3, 0.4) is 0 Å². The van der Waals surface area contributed by atoms with Gasteiger partial charge in [0.05, 0.1) is 6.61 Å². The lowest BCUT2D eigenvalue weighted by Crippen LogP contribution is -2.08. The summed E-state index contributed by atoms with van der Waals surface area (Å²) in [6.07, 6.45) is 5.70. The van der Waals surface area contributed by atoms with Crippen molar-refractivity contribution in [3.05, 3.63) is 77.8 Å². The summed E-state index contributed by atoms with van der Waals surface area (Å²) in [5.74, 6) is -2.11. The van der Waals surface area contributed by atoms with E-state index >= 15 is 0 Å².